The molecule has 3 nitrogen and oxygen atoms in total. The van der Waals surface area contributed by atoms with Crippen LogP contribution in [0.25, 0.3) is 0 Å². The molecule has 2 aromatic rings. The van der Waals surface area contributed by atoms with E-state index in [2.05, 4.69) is 50.2 Å². The number of aryl methyl sites for hydroxylation is 2. The predicted octanol–water partition coefficient (Wildman–Crippen LogP) is 2.97. The van der Waals surface area contributed by atoms with E-state index in [9.17, 15) is 4.79 Å². The number of hydrogen-bond acceptors (Lipinski definition) is 2. The fraction of sp³-hybridized carbons (Fsp3) is 0.278. The number of anilines is 1. The average molecular weight is 280 g/mol. The summed E-state index contributed by atoms with van der Waals surface area (Å²) < 4.78 is 0. The van der Waals surface area contributed by atoms with E-state index >= 15 is 0 Å². The monoisotopic (exact) mass is 280 g/mol. The second kappa shape index (κ2) is 5.34. The smallest absolute Gasteiger partial charge is 0.247 e. The summed E-state index contributed by atoms with van der Waals surface area (Å²) in [5.41, 5.74) is 10.5. The molecule has 1 aliphatic rings. The highest BCUT2D eigenvalue weighted by Gasteiger charge is 2.46. The Balaban J connectivity index is 1.92. The molecule has 3 heteroatoms. The van der Waals surface area contributed by atoms with Gasteiger partial charge in [0, 0.05) is 5.69 Å². The first-order valence-electron chi connectivity index (χ1n) is 7.36. The summed E-state index contributed by atoms with van der Waals surface area (Å²) in [6.45, 7) is 4.17. The van der Waals surface area contributed by atoms with Gasteiger partial charge in [-0.05, 0) is 36.6 Å². The molecule has 21 heavy (non-hydrogen) atoms. The van der Waals surface area contributed by atoms with Gasteiger partial charge in [-0.2, -0.15) is 0 Å². The van der Waals surface area contributed by atoms with E-state index in [0.29, 0.717) is 0 Å². The minimum Gasteiger partial charge on any atom is -0.318 e. The van der Waals surface area contributed by atoms with Crippen molar-refractivity contribution in [2.45, 2.75) is 32.4 Å². The van der Waals surface area contributed by atoms with Crippen LogP contribution in [0, 0.1) is 6.92 Å². The number of β-lactam (4-membered cyclic amide) rings is 1. The van der Waals surface area contributed by atoms with E-state index in [1.165, 1.54) is 11.1 Å². The highest BCUT2D eigenvalue weighted by Crippen LogP contribution is 2.38. The lowest BCUT2D eigenvalue weighted by molar-refractivity contribution is -0.126. The molecule has 3 rings (SSSR count). The SMILES string of the molecule is CCc1ccc(N2C(=O)[C@@H](N)[C@@H]2c2ccc(C)cc2)cc1. The van der Waals surface area contributed by atoms with Gasteiger partial charge in [-0.3, -0.25) is 4.79 Å². The van der Waals surface area contributed by atoms with Crippen molar-refractivity contribution >= 4 is 11.6 Å². The number of rotatable bonds is 3. The molecule has 0 saturated carbocycles. The van der Waals surface area contributed by atoms with Crippen LogP contribution in [0.3, 0.4) is 0 Å². The summed E-state index contributed by atoms with van der Waals surface area (Å²) in [6, 6.07) is 15.9. The van der Waals surface area contributed by atoms with Crippen LogP contribution in [-0.2, 0) is 11.2 Å². The molecule has 2 N–H and O–H groups in total. The number of hydrogen-bond donors (Lipinski definition) is 1. The lowest BCUT2D eigenvalue weighted by Crippen LogP contribution is -2.63. The van der Waals surface area contributed by atoms with Crippen LogP contribution in [0.4, 0.5) is 5.69 Å². The maximum absolute atomic E-state index is 12.2. The van der Waals surface area contributed by atoms with Crippen LogP contribution >= 0.6 is 0 Å². The standard InChI is InChI=1S/C18H20N2O/c1-3-13-6-10-15(11-7-13)20-17(16(19)18(20)21)14-8-4-12(2)5-9-14/h4-11,16-17H,3,19H2,1-2H3/t16-,17-/m0/s1. The molecule has 0 spiro atoms. The summed E-state index contributed by atoms with van der Waals surface area (Å²) in [4.78, 5) is 14.0. The molecule has 1 aliphatic heterocycles. The van der Waals surface area contributed by atoms with Crippen molar-refractivity contribution in [3.63, 3.8) is 0 Å². The molecule has 0 aromatic heterocycles. The van der Waals surface area contributed by atoms with Gasteiger partial charge in [-0.25, -0.2) is 0 Å². The summed E-state index contributed by atoms with van der Waals surface area (Å²) in [6.07, 6.45) is 0.995. The number of benzene rings is 2. The molecular formula is C18H20N2O. The van der Waals surface area contributed by atoms with Crippen LogP contribution in [0.15, 0.2) is 48.5 Å². The van der Waals surface area contributed by atoms with Gasteiger partial charge in [0.1, 0.15) is 6.04 Å². The van der Waals surface area contributed by atoms with E-state index in [1.807, 2.05) is 12.1 Å². The van der Waals surface area contributed by atoms with E-state index in [-0.39, 0.29) is 11.9 Å². The zero-order valence-corrected chi connectivity index (χ0v) is 12.4. The third kappa shape index (κ3) is 2.34. The van der Waals surface area contributed by atoms with Gasteiger partial charge in [0.25, 0.3) is 0 Å². The van der Waals surface area contributed by atoms with E-state index < -0.39 is 6.04 Å². The lowest BCUT2D eigenvalue weighted by atomic mass is 9.88. The molecule has 1 fully saturated rings. The molecule has 0 unspecified atom stereocenters. The molecule has 0 radical (unpaired) electrons. The molecule has 1 amide bonds. The summed E-state index contributed by atoms with van der Waals surface area (Å²) in [7, 11) is 0. The highest BCUT2D eigenvalue weighted by molar-refractivity contribution is 6.05. The van der Waals surface area contributed by atoms with Crippen molar-refractivity contribution in [3.05, 3.63) is 65.2 Å². The molecular weight excluding hydrogens is 260 g/mol. The minimum absolute atomic E-state index is 0.00942. The largest absolute Gasteiger partial charge is 0.318 e. The van der Waals surface area contributed by atoms with Crippen molar-refractivity contribution in [1.29, 1.82) is 0 Å². The third-order valence-corrected chi connectivity index (χ3v) is 4.18. The van der Waals surface area contributed by atoms with E-state index in [1.54, 1.807) is 4.90 Å². The first-order chi connectivity index (χ1) is 10.1. The Morgan fingerprint density at radius 3 is 2.24 bits per heavy atom. The fourth-order valence-electron chi connectivity index (χ4n) is 2.81. The Kier molecular flexibility index (Phi) is 3.52. The van der Waals surface area contributed by atoms with Gasteiger partial charge in [-0.15, -0.1) is 0 Å². The summed E-state index contributed by atoms with van der Waals surface area (Å²) >= 11 is 0. The van der Waals surface area contributed by atoms with Gasteiger partial charge in [0.15, 0.2) is 0 Å². The molecule has 1 saturated heterocycles. The van der Waals surface area contributed by atoms with Gasteiger partial charge < -0.3 is 10.6 Å². The Hall–Kier alpha value is -2.13. The molecule has 0 bridgehead atoms. The van der Waals surface area contributed by atoms with Crippen LogP contribution < -0.4 is 10.6 Å². The zero-order chi connectivity index (χ0) is 15.0. The lowest BCUT2D eigenvalue weighted by Gasteiger charge is -2.45. The minimum atomic E-state index is -0.446. The molecule has 108 valence electrons. The highest BCUT2D eigenvalue weighted by atomic mass is 16.2. The van der Waals surface area contributed by atoms with Crippen LogP contribution in [0.5, 0.6) is 0 Å². The van der Waals surface area contributed by atoms with Crippen molar-refractivity contribution in [2.75, 3.05) is 4.90 Å². The van der Waals surface area contributed by atoms with Crippen molar-refractivity contribution < 1.29 is 4.79 Å². The predicted molar refractivity (Wildman–Crippen MR) is 85.2 cm³/mol. The van der Waals surface area contributed by atoms with Crippen LogP contribution in [-0.4, -0.2) is 11.9 Å². The molecule has 2 atom stereocenters. The maximum Gasteiger partial charge on any atom is 0.247 e. The first kappa shape index (κ1) is 13.8. The Morgan fingerprint density at radius 1 is 1.05 bits per heavy atom. The Bertz CT molecular complexity index is 646. The van der Waals surface area contributed by atoms with E-state index in [0.717, 1.165) is 17.7 Å². The Labute approximate surface area is 125 Å². The van der Waals surface area contributed by atoms with Crippen LogP contribution in [0.2, 0.25) is 0 Å². The second-order valence-electron chi connectivity index (χ2n) is 5.61. The quantitative estimate of drug-likeness (QED) is 0.879. The third-order valence-electron chi connectivity index (χ3n) is 4.18. The van der Waals surface area contributed by atoms with Gasteiger partial charge >= 0.3 is 0 Å². The number of amides is 1. The molecule has 2 aromatic carbocycles. The number of nitrogens with two attached hydrogens (primary N) is 1. The van der Waals surface area contributed by atoms with Crippen molar-refractivity contribution in [1.82, 2.24) is 0 Å². The normalized spacial score (nSPS) is 21.3. The summed E-state index contributed by atoms with van der Waals surface area (Å²) in [5.74, 6) is -0.00942. The van der Waals surface area contributed by atoms with Gasteiger partial charge in [0.05, 0.1) is 6.04 Å². The maximum atomic E-state index is 12.2. The van der Waals surface area contributed by atoms with E-state index in [4.69, 9.17) is 5.73 Å². The van der Waals surface area contributed by atoms with Crippen molar-refractivity contribution in [2.24, 2.45) is 5.73 Å². The van der Waals surface area contributed by atoms with Gasteiger partial charge in [-0.1, -0.05) is 48.9 Å². The second-order valence-corrected chi connectivity index (χ2v) is 5.61. The number of carbonyl (C=O) groups excluding carboxylic acids is 1. The summed E-state index contributed by atoms with van der Waals surface area (Å²) in [5, 5.41) is 0. The van der Waals surface area contributed by atoms with Crippen LogP contribution in [0.1, 0.15) is 29.7 Å². The number of nitrogens with zero attached hydrogens (tertiary/aromatic N) is 1. The fourth-order valence-corrected chi connectivity index (χ4v) is 2.81. The first-order valence-corrected chi connectivity index (χ1v) is 7.36. The van der Waals surface area contributed by atoms with Crippen molar-refractivity contribution in [3.8, 4) is 0 Å². The topological polar surface area (TPSA) is 46.3 Å². The molecule has 0 aliphatic carbocycles. The Morgan fingerprint density at radius 2 is 1.67 bits per heavy atom. The average Bonchev–Trinajstić information content (AvgIpc) is 2.53. The van der Waals surface area contributed by atoms with Gasteiger partial charge in [0.2, 0.25) is 5.91 Å². The zero-order valence-electron chi connectivity index (χ0n) is 12.4. The molecule has 1 heterocycles. The number of carbonyl (C=O) groups is 1.